The van der Waals surface area contributed by atoms with E-state index in [0.717, 1.165) is 18.5 Å². The number of hydrogen-bond donors (Lipinski definition) is 1. The summed E-state index contributed by atoms with van der Waals surface area (Å²) in [6.07, 6.45) is 1.71. The molecule has 0 aliphatic heterocycles. The second-order valence-corrected chi connectivity index (χ2v) is 5.61. The predicted octanol–water partition coefficient (Wildman–Crippen LogP) is 1.29. The topological polar surface area (TPSA) is 66.1 Å². The van der Waals surface area contributed by atoms with E-state index in [-0.39, 0.29) is 16.7 Å². The lowest BCUT2D eigenvalue weighted by molar-refractivity contribution is -0.127. The molecule has 18 heavy (non-hydrogen) atoms. The van der Waals surface area contributed by atoms with Crippen molar-refractivity contribution in [2.75, 3.05) is 14.1 Å². The summed E-state index contributed by atoms with van der Waals surface area (Å²) in [6.45, 7) is 3.84. The molecule has 0 aromatic carbocycles. The van der Waals surface area contributed by atoms with Crippen LogP contribution in [-0.4, -0.2) is 40.1 Å². The van der Waals surface area contributed by atoms with E-state index in [4.69, 9.17) is 0 Å². The Kier molecular flexibility index (Phi) is 5.40. The third-order valence-corrected chi connectivity index (χ3v) is 3.33. The lowest BCUT2D eigenvalue weighted by atomic mass is 10.2. The molecule has 0 fully saturated rings. The minimum Gasteiger partial charge on any atom is -0.348 e. The standard InChI is InChI=1S/C12H19N3O2S/c1-5-6-9-7-10(16)14-12(13-9)18-8(2)11(17)15(3)4/h7-8H,5-6H2,1-4H3,(H,13,14,16)/t8-/m1/s1. The van der Waals surface area contributed by atoms with Crippen LogP contribution in [0.3, 0.4) is 0 Å². The quantitative estimate of drug-likeness (QED) is 0.646. The fourth-order valence-corrected chi connectivity index (χ4v) is 2.48. The first kappa shape index (κ1) is 14.8. The molecule has 100 valence electrons. The SMILES string of the molecule is CCCc1cc(=O)[nH]c(S[C@H](C)C(=O)N(C)C)n1. The first-order chi connectivity index (χ1) is 8.43. The number of carbonyl (C=O) groups excluding carboxylic acids is 1. The van der Waals surface area contributed by atoms with Gasteiger partial charge in [0.2, 0.25) is 5.91 Å². The van der Waals surface area contributed by atoms with Gasteiger partial charge in [-0.3, -0.25) is 9.59 Å². The number of rotatable bonds is 5. The van der Waals surface area contributed by atoms with Crippen LogP contribution in [0.2, 0.25) is 0 Å². The molecule has 1 rings (SSSR count). The van der Waals surface area contributed by atoms with Crippen LogP contribution in [0, 0.1) is 0 Å². The normalized spacial score (nSPS) is 12.2. The largest absolute Gasteiger partial charge is 0.348 e. The first-order valence-corrected chi connectivity index (χ1v) is 6.80. The van der Waals surface area contributed by atoms with Gasteiger partial charge in [0.25, 0.3) is 5.56 Å². The lowest BCUT2D eigenvalue weighted by Gasteiger charge is -2.15. The molecule has 0 unspecified atom stereocenters. The summed E-state index contributed by atoms with van der Waals surface area (Å²) in [5.41, 5.74) is 0.605. The summed E-state index contributed by atoms with van der Waals surface area (Å²) in [5, 5.41) is 0.244. The summed E-state index contributed by atoms with van der Waals surface area (Å²) < 4.78 is 0. The maximum absolute atomic E-state index is 11.7. The molecule has 0 aliphatic carbocycles. The van der Waals surface area contributed by atoms with Gasteiger partial charge in [-0.05, 0) is 13.3 Å². The zero-order valence-electron chi connectivity index (χ0n) is 11.2. The van der Waals surface area contributed by atoms with E-state index in [2.05, 4.69) is 9.97 Å². The van der Waals surface area contributed by atoms with Crippen molar-refractivity contribution in [3.63, 3.8) is 0 Å². The number of hydrogen-bond acceptors (Lipinski definition) is 4. The molecule has 1 atom stereocenters. The molecule has 0 aliphatic rings. The second kappa shape index (κ2) is 6.58. The molecule has 0 saturated heterocycles. The van der Waals surface area contributed by atoms with Crippen molar-refractivity contribution >= 4 is 17.7 Å². The third kappa shape index (κ3) is 4.18. The molecule has 6 heteroatoms. The molecule has 1 aromatic rings. The molecule has 0 radical (unpaired) electrons. The number of nitrogens with one attached hydrogen (secondary N) is 1. The molecule has 1 heterocycles. The number of aromatic amines is 1. The van der Waals surface area contributed by atoms with E-state index in [1.54, 1.807) is 21.0 Å². The molecule has 1 aromatic heterocycles. The molecular formula is C12H19N3O2S. The van der Waals surface area contributed by atoms with Crippen molar-refractivity contribution in [1.82, 2.24) is 14.9 Å². The number of amides is 1. The number of aromatic nitrogens is 2. The van der Waals surface area contributed by atoms with Crippen LogP contribution in [0.1, 0.15) is 26.0 Å². The van der Waals surface area contributed by atoms with Crippen molar-refractivity contribution in [2.45, 2.75) is 37.1 Å². The van der Waals surface area contributed by atoms with Gasteiger partial charge in [-0.1, -0.05) is 25.1 Å². The Morgan fingerprint density at radius 1 is 1.56 bits per heavy atom. The Balaban J connectivity index is 2.84. The summed E-state index contributed by atoms with van der Waals surface area (Å²) >= 11 is 1.28. The van der Waals surface area contributed by atoms with E-state index >= 15 is 0 Å². The highest BCUT2D eigenvalue weighted by Crippen LogP contribution is 2.19. The van der Waals surface area contributed by atoms with Crippen LogP contribution >= 0.6 is 11.8 Å². The van der Waals surface area contributed by atoms with Crippen LogP contribution in [0.4, 0.5) is 0 Å². The van der Waals surface area contributed by atoms with Crippen molar-refractivity contribution < 1.29 is 4.79 Å². The Hall–Kier alpha value is -1.30. The molecular weight excluding hydrogens is 250 g/mol. The van der Waals surface area contributed by atoms with E-state index in [0.29, 0.717) is 5.16 Å². The Bertz CT molecular complexity index is 471. The van der Waals surface area contributed by atoms with Crippen molar-refractivity contribution in [3.05, 3.63) is 22.1 Å². The summed E-state index contributed by atoms with van der Waals surface area (Å²) in [7, 11) is 3.42. The average molecular weight is 269 g/mol. The zero-order valence-corrected chi connectivity index (χ0v) is 12.0. The van der Waals surface area contributed by atoms with Gasteiger partial charge < -0.3 is 9.88 Å². The van der Waals surface area contributed by atoms with Crippen LogP contribution in [-0.2, 0) is 11.2 Å². The van der Waals surface area contributed by atoms with E-state index in [1.807, 2.05) is 6.92 Å². The maximum Gasteiger partial charge on any atom is 0.251 e. The van der Waals surface area contributed by atoms with Gasteiger partial charge in [0.1, 0.15) is 0 Å². The Labute approximate surface area is 111 Å². The highest BCUT2D eigenvalue weighted by molar-refractivity contribution is 8.00. The van der Waals surface area contributed by atoms with Gasteiger partial charge in [-0.2, -0.15) is 0 Å². The van der Waals surface area contributed by atoms with Gasteiger partial charge in [0, 0.05) is 25.9 Å². The third-order valence-electron chi connectivity index (χ3n) is 2.36. The fourth-order valence-electron chi connectivity index (χ4n) is 1.50. The highest BCUT2D eigenvalue weighted by atomic mass is 32.2. The molecule has 1 N–H and O–H groups in total. The monoisotopic (exact) mass is 269 g/mol. The first-order valence-electron chi connectivity index (χ1n) is 5.92. The number of carbonyl (C=O) groups is 1. The highest BCUT2D eigenvalue weighted by Gasteiger charge is 2.17. The molecule has 0 spiro atoms. The van der Waals surface area contributed by atoms with Gasteiger partial charge in [-0.15, -0.1) is 0 Å². The van der Waals surface area contributed by atoms with Crippen LogP contribution < -0.4 is 5.56 Å². The molecule has 5 nitrogen and oxygen atoms in total. The number of nitrogens with zero attached hydrogens (tertiary/aromatic N) is 2. The van der Waals surface area contributed by atoms with Crippen molar-refractivity contribution in [2.24, 2.45) is 0 Å². The summed E-state index contributed by atoms with van der Waals surface area (Å²) in [5.74, 6) is 0.00328. The van der Waals surface area contributed by atoms with Crippen LogP contribution in [0.5, 0.6) is 0 Å². The predicted molar refractivity (Wildman–Crippen MR) is 72.9 cm³/mol. The Morgan fingerprint density at radius 3 is 2.78 bits per heavy atom. The summed E-state index contributed by atoms with van der Waals surface area (Å²) in [4.78, 5) is 31.7. The maximum atomic E-state index is 11.7. The van der Waals surface area contributed by atoms with E-state index < -0.39 is 0 Å². The smallest absolute Gasteiger partial charge is 0.251 e. The molecule has 0 saturated carbocycles. The molecule has 0 bridgehead atoms. The number of aryl methyl sites for hydroxylation is 1. The van der Waals surface area contributed by atoms with E-state index in [1.165, 1.54) is 22.7 Å². The zero-order chi connectivity index (χ0) is 13.7. The number of H-pyrrole nitrogens is 1. The minimum atomic E-state index is -0.264. The van der Waals surface area contributed by atoms with Gasteiger partial charge in [0.05, 0.1) is 5.25 Å². The average Bonchev–Trinajstić information content (AvgIpc) is 2.27. The van der Waals surface area contributed by atoms with Gasteiger partial charge in [-0.25, -0.2) is 4.98 Å². The number of thioether (sulfide) groups is 1. The Morgan fingerprint density at radius 2 is 2.22 bits per heavy atom. The van der Waals surface area contributed by atoms with Gasteiger partial charge in [0.15, 0.2) is 5.16 Å². The van der Waals surface area contributed by atoms with E-state index in [9.17, 15) is 9.59 Å². The lowest BCUT2D eigenvalue weighted by Crippen LogP contribution is -2.30. The minimum absolute atomic E-state index is 0.00328. The second-order valence-electron chi connectivity index (χ2n) is 4.28. The molecule has 1 amide bonds. The van der Waals surface area contributed by atoms with Crippen LogP contribution in [0.25, 0.3) is 0 Å². The van der Waals surface area contributed by atoms with Crippen molar-refractivity contribution in [1.29, 1.82) is 0 Å². The summed E-state index contributed by atoms with van der Waals surface area (Å²) in [6, 6.07) is 1.51. The fraction of sp³-hybridized carbons (Fsp3) is 0.583. The van der Waals surface area contributed by atoms with Crippen LogP contribution in [0.15, 0.2) is 16.0 Å². The van der Waals surface area contributed by atoms with Gasteiger partial charge >= 0.3 is 0 Å². The van der Waals surface area contributed by atoms with Crippen molar-refractivity contribution in [3.8, 4) is 0 Å².